The van der Waals surface area contributed by atoms with Crippen molar-refractivity contribution in [2.45, 2.75) is 24.2 Å². The molecule has 0 bridgehead atoms. The van der Waals surface area contributed by atoms with Crippen molar-refractivity contribution in [2.24, 2.45) is 0 Å². The highest BCUT2D eigenvalue weighted by molar-refractivity contribution is 7.89. The van der Waals surface area contributed by atoms with Crippen molar-refractivity contribution in [1.29, 1.82) is 5.26 Å². The molecule has 31 heavy (non-hydrogen) atoms. The minimum Gasteiger partial charge on any atom is -0.452 e. The summed E-state index contributed by atoms with van der Waals surface area (Å²) in [4.78, 5) is 26.4. The fraction of sp³-hybridized carbons (Fsp3) is 0.318. The standard InChI is InChI=1S/C22H23N3O5S/c23-13-6-16-25(19-7-2-1-3-8-19)21(26)17-30-22(27)18-9-11-20(12-10-18)31(28,29)24-14-4-5-15-24/h1-3,7-12H,4-6,14-17H2. The third-order valence-electron chi connectivity index (χ3n) is 4.94. The summed E-state index contributed by atoms with van der Waals surface area (Å²) in [5, 5.41) is 8.84. The van der Waals surface area contributed by atoms with Gasteiger partial charge < -0.3 is 9.64 Å². The predicted octanol–water partition coefficient (Wildman–Crippen LogP) is 2.57. The maximum atomic E-state index is 12.6. The van der Waals surface area contributed by atoms with Crippen molar-refractivity contribution in [2.75, 3.05) is 31.1 Å². The smallest absolute Gasteiger partial charge is 0.338 e. The van der Waals surface area contributed by atoms with E-state index in [0.717, 1.165) is 12.8 Å². The van der Waals surface area contributed by atoms with Crippen LogP contribution in [-0.4, -0.2) is 50.8 Å². The highest BCUT2D eigenvalue weighted by Gasteiger charge is 2.27. The third-order valence-corrected chi connectivity index (χ3v) is 6.85. The Morgan fingerprint density at radius 3 is 2.29 bits per heavy atom. The van der Waals surface area contributed by atoms with Gasteiger partial charge in [0.25, 0.3) is 5.91 Å². The van der Waals surface area contributed by atoms with Gasteiger partial charge in [-0.15, -0.1) is 0 Å². The summed E-state index contributed by atoms with van der Waals surface area (Å²) in [5.74, 6) is -1.19. The van der Waals surface area contributed by atoms with Gasteiger partial charge in [0.15, 0.2) is 6.61 Å². The van der Waals surface area contributed by atoms with Gasteiger partial charge in [0.2, 0.25) is 10.0 Å². The van der Waals surface area contributed by atoms with Crippen LogP contribution >= 0.6 is 0 Å². The van der Waals surface area contributed by atoms with E-state index >= 15 is 0 Å². The van der Waals surface area contributed by atoms with Gasteiger partial charge in [-0.25, -0.2) is 13.2 Å². The molecule has 1 aliphatic heterocycles. The highest BCUT2D eigenvalue weighted by Crippen LogP contribution is 2.21. The molecule has 9 heteroatoms. The number of rotatable bonds is 8. The van der Waals surface area contributed by atoms with Crippen molar-refractivity contribution in [3.8, 4) is 6.07 Å². The summed E-state index contributed by atoms with van der Waals surface area (Å²) in [7, 11) is -3.56. The molecule has 1 amide bonds. The van der Waals surface area contributed by atoms with Gasteiger partial charge in [-0.3, -0.25) is 4.79 Å². The van der Waals surface area contributed by atoms with E-state index in [1.807, 2.05) is 12.1 Å². The van der Waals surface area contributed by atoms with Crippen molar-refractivity contribution >= 4 is 27.6 Å². The van der Waals surface area contributed by atoms with Crippen LogP contribution in [0.1, 0.15) is 29.6 Å². The van der Waals surface area contributed by atoms with Crippen LogP contribution in [0.25, 0.3) is 0 Å². The molecule has 0 atom stereocenters. The number of para-hydroxylation sites is 1. The molecule has 3 rings (SSSR count). The number of anilines is 1. The number of nitrogens with zero attached hydrogens (tertiary/aromatic N) is 3. The maximum absolute atomic E-state index is 12.6. The van der Waals surface area contributed by atoms with Crippen molar-refractivity contribution < 1.29 is 22.7 Å². The summed E-state index contributed by atoms with van der Waals surface area (Å²) in [6.07, 6.45) is 1.82. The van der Waals surface area contributed by atoms with E-state index in [0.29, 0.717) is 18.8 Å². The molecular weight excluding hydrogens is 418 g/mol. The zero-order chi connectivity index (χ0) is 22.3. The third kappa shape index (κ3) is 5.48. The average molecular weight is 442 g/mol. The molecule has 1 saturated heterocycles. The number of sulfonamides is 1. The van der Waals surface area contributed by atoms with Crippen LogP contribution in [0.5, 0.6) is 0 Å². The monoisotopic (exact) mass is 441 g/mol. The van der Waals surface area contributed by atoms with Gasteiger partial charge in [-0.2, -0.15) is 9.57 Å². The van der Waals surface area contributed by atoms with E-state index in [2.05, 4.69) is 0 Å². The molecule has 0 unspecified atom stereocenters. The van der Waals surface area contributed by atoms with E-state index in [1.54, 1.807) is 24.3 Å². The van der Waals surface area contributed by atoms with Gasteiger partial charge in [0, 0.05) is 25.3 Å². The fourth-order valence-electron chi connectivity index (χ4n) is 3.30. The number of nitriles is 1. The Morgan fingerprint density at radius 1 is 1.03 bits per heavy atom. The van der Waals surface area contributed by atoms with E-state index in [4.69, 9.17) is 10.00 Å². The van der Waals surface area contributed by atoms with E-state index in [-0.39, 0.29) is 23.4 Å². The zero-order valence-corrected chi connectivity index (χ0v) is 17.8. The number of hydrogen-bond donors (Lipinski definition) is 0. The lowest BCUT2D eigenvalue weighted by Crippen LogP contribution is -2.35. The Labute approximate surface area is 181 Å². The molecule has 0 radical (unpaired) electrons. The molecule has 0 saturated carbocycles. The minimum absolute atomic E-state index is 0.119. The number of carbonyl (C=O) groups is 2. The van der Waals surface area contributed by atoms with Gasteiger partial charge in [0.05, 0.1) is 22.9 Å². The van der Waals surface area contributed by atoms with Crippen LogP contribution in [0.4, 0.5) is 5.69 Å². The second kappa shape index (κ2) is 10.2. The Bertz CT molecular complexity index is 1060. The van der Waals surface area contributed by atoms with Crippen LogP contribution in [-0.2, 0) is 19.6 Å². The first kappa shape index (κ1) is 22.5. The molecule has 2 aromatic carbocycles. The van der Waals surface area contributed by atoms with Crippen LogP contribution in [0.2, 0.25) is 0 Å². The second-order valence-electron chi connectivity index (χ2n) is 7.00. The highest BCUT2D eigenvalue weighted by atomic mass is 32.2. The van der Waals surface area contributed by atoms with Crippen LogP contribution < -0.4 is 4.90 Å². The van der Waals surface area contributed by atoms with Gasteiger partial charge in [-0.05, 0) is 49.2 Å². The largest absolute Gasteiger partial charge is 0.452 e. The first-order valence-corrected chi connectivity index (χ1v) is 11.4. The zero-order valence-electron chi connectivity index (χ0n) is 16.9. The molecule has 0 aromatic heterocycles. The van der Waals surface area contributed by atoms with Crippen LogP contribution in [0.3, 0.4) is 0 Å². The Morgan fingerprint density at radius 2 is 1.68 bits per heavy atom. The molecular formula is C22H23N3O5S. The number of hydrogen-bond acceptors (Lipinski definition) is 6. The maximum Gasteiger partial charge on any atom is 0.338 e. The summed E-state index contributed by atoms with van der Waals surface area (Å²) in [6.45, 7) is 0.683. The van der Waals surface area contributed by atoms with Crippen molar-refractivity contribution in [3.63, 3.8) is 0 Å². The summed E-state index contributed by atoms with van der Waals surface area (Å²) >= 11 is 0. The number of ether oxygens (including phenoxy) is 1. The Kier molecular flexibility index (Phi) is 7.39. The van der Waals surface area contributed by atoms with E-state index < -0.39 is 28.5 Å². The molecule has 2 aromatic rings. The number of amides is 1. The molecule has 8 nitrogen and oxygen atoms in total. The predicted molar refractivity (Wildman–Crippen MR) is 114 cm³/mol. The van der Waals surface area contributed by atoms with Crippen molar-refractivity contribution in [3.05, 3.63) is 60.2 Å². The van der Waals surface area contributed by atoms with Crippen LogP contribution in [0, 0.1) is 11.3 Å². The Hall–Kier alpha value is -3.22. The summed E-state index contributed by atoms with van der Waals surface area (Å²) in [5.41, 5.74) is 0.756. The Balaban J connectivity index is 1.63. The van der Waals surface area contributed by atoms with Gasteiger partial charge in [0.1, 0.15) is 0 Å². The quantitative estimate of drug-likeness (QED) is 0.583. The molecule has 162 valence electrons. The minimum atomic E-state index is -3.56. The van der Waals surface area contributed by atoms with E-state index in [9.17, 15) is 18.0 Å². The number of esters is 1. The summed E-state index contributed by atoms with van der Waals surface area (Å²) in [6, 6.07) is 16.3. The average Bonchev–Trinajstić information content (AvgIpc) is 3.34. The SMILES string of the molecule is N#CCCN(C(=O)COC(=O)c1ccc(S(=O)(=O)N2CCCC2)cc1)c1ccccc1. The lowest BCUT2D eigenvalue weighted by Gasteiger charge is -2.21. The number of carbonyl (C=O) groups excluding carboxylic acids is 2. The lowest BCUT2D eigenvalue weighted by atomic mass is 10.2. The van der Waals surface area contributed by atoms with Gasteiger partial charge in [-0.1, -0.05) is 18.2 Å². The topological polar surface area (TPSA) is 108 Å². The van der Waals surface area contributed by atoms with Crippen molar-refractivity contribution in [1.82, 2.24) is 4.31 Å². The molecule has 0 spiro atoms. The molecule has 1 aliphatic rings. The molecule has 0 N–H and O–H groups in total. The first-order valence-electron chi connectivity index (χ1n) is 9.93. The lowest BCUT2D eigenvalue weighted by molar-refractivity contribution is -0.121. The normalized spacial score (nSPS) is 14.0. The fourth-order valence-corrected chi connectivity index (χ4v) is 4.81. The van der Waals surface area contributed by atoms with Gasteiger partial charge >= 0.3 is 5.97 Å². The van der Waals surface area contributed by atoms with E-state index in [1.165, 1.54) is 33.5 Å². The number of benzene rings is 2. The van der Waals surface area contributed by atoms with Crippen LogP contribution in [0.15, 0.2) is 59.5 Å². The first-order chi connectivity index (χ1) is 14.9. The molecule has 0 aliphatic carbocycles. The molecule has 1 fully saturated rings. The molecule has 1 heterocycles. The summed E-state index contributed by atoms with van der Waals surface area (Å²) < 4.78 is 31.7. The second-order valence-corrected chi connectivity index (χ2v) is 8.94.